The summed E-state index contributed by atoms with van der Waals surface area (Å²) < 4.78 is 6.24. The van der Waals surface area contributed by atoms with Gasteiger partial charge in [-0.05, 0) is 104 Å². The van der Waals surface area contributed by atoms with E-state index in [1.54, 1.807) is 0 Å². The van der Waals surface area contributed by atoms with Crippen LogP contribution in [0.4, 0.5) is 0 Å². The minimum absolute atomic E-state index is 0.286. The van der Waals surface area contributed by atoms with Crippen LogP contribution in [0.25, 0.3) is 0 Å². The molecule has 0 bridgehead atoms. The van der Waals surface area contributed by atoms with Crippen LogP contribution in [0.1, 0.15) is 78.6 Å². The van der Waals surface area contributed by atoms with Crippen molar-refractivity contribution in [1.82, 2.24) is 0 Å². The average Bonchev–Trinajstić information content (AvgIpc) is 3.23. The van der Waals surface area contributed by atoms with Crippen molar-refractivity contribution in [3.05, 3.63) is 11.8 Å². The maximum absolute atomic E-state index is 11.6. The monoisotopic (exact) mass is 429 g/mol. The van der Waals surface area contributed by atoms with Crippen LogP contribution in [-0.4, -0.2) is 30.7 Å². The third-order valence-corrected chi connectivity index (χ3v) is 11.6. The molecule has 0 saturated heterocycles. The summed E-state index contributed by atoms with van der Waals surface area (Å²) in [7, 11) is 1.97. The van der Waals surface area contributed by atoms with Gasteiger partial charge in [-0.2, -0.15) is 0 Å². The normalized spacial score (nSPS) is 51.5. The van der Waals surface area contributed by atoms with Crippen molar-refractivity contribution >= 4 is 5.78 Å². The van der Waals surface area contributed by atoms with Gasteiger partial charge in [-0.25, -0.2) is 0 Å². The van der Waals surface area contributed by atoms with Gasteiger partial charge >= 0.3 is 0 Å². The predicted molar refractivity (Wildman–Crippen MR) is 122 cm³/mol. The number of nitrogens with two attached hydrogens (primary N) is 1. The van der Waals surface area contributed by atoms with Crippen molar-refractivity contribution in [2.75, 3.05) is 13.7 Å². The fourth-order valence-corrected chi connectivity index (χ4v) is 10.4. The highest BCUT2D eigenvalue weighted by Gasteiger charge is 2.77. The van der Waals surface area contributed by atoms with Crippen LogP contribution in [0.15, 0.2) is 11.8 Å². The smallest absolute Gasteiger partial charge is 0.182 e. The van der Waals surface area contributed by atoms with Crippen molar-refractivity contribution in [2.45, 2.75) is 84.7 Å². The Morgan fingerprint density at radius 2 is 1.97 bits per heavy atom. The first-order valence-electron chi connectivity index (χ1n) is 12.8. The molecular formula is C27H43NO3. The standard InChI is InChI=1S/C27H43NO3/c1-16(11-18(28)12-19(30)15-29)21-5-6-22-20-13-24(31-4)27-14-17(27)7-10-26(27,3)23(20)8-9-25(21,22)2/h12,16-17,20-24,29H,5-11,13-15,28H2,1-4H3/b18-12-/t16-,17-,20+,21-,22+,23+,24-,25-,26-,27+/m1/s1. The molecule has 10 atom stereocenters. The van der Waals surface area contributed by atoms with Crippen LogP contribution < -0.4 is 5.73 Å². The zero-order valence-corrected chi connectivity index (χ0v) is 20.0. The Labute approximate surface area is 188 Å². The third-order valence-electron chi connectivity index (χ3n) is 11.6. The molecule has 0 aromatic heterocycles. The molecule has 5 aliphatic rings. The van der Waals surface area contributed by atoms with Gasteiger partial charge in [0.05, 0.1) is 6.10 Å². The summed E-state index contributed by atoms with van der Waals surface area (Å²) in [4.78, 5) is 11.6. The molecule has 5 fully saturated rings. The number of methoxy groups -OCH3 is 1. The van der Waals surface area contributed by atoms with Crippen molar-refractivity contribution in [2.24, 2.45) is 57.5 Å². The Morgan fingerprint density at radius 3 is 2.65 bits per heavy atom. The van der Waals surface area contributed by atoms with E-state index in [-0.39, 0.29) is 5.78 Å². The van der Waals surface area contributed by atoms with Gasteiger partial charge in [-0.1, -0.05) is 20.8 Å². The number of aliphatic hydroxyl groups is 1. The Bertz CT molecular complexity index is 778. The van der Waals surface area contributed by atoms with E-state index in [0.29, 0.717) is 39.9 Å². The quantitative estimate of drug-likeness (QED) is 0.600. The molecule has 1 spiro atoms. The van der Waals surface area contributed by atoms with Crippen molar-refractivity contribution < 1.29 is 14.6 Å². The molecular weight excluding hydrogens is 386 g/mol. The molecule has 31 heavy (non-hydrogen) atoms. The number of ether oxygens (including phenoxy) is 1. The minimum atomic E-state index is -0.455. The molecule has 5 saturated carbocycles. The number of hydrogen-bond donors (Lipinski definition) is 2. The second kappa shape index (κ2) is 7.32. The van der Waals surface area contributed by atoms with Gasteiger partial charge in [0.1, 0.15) is 6.61 Å². The number of carbonyl (C=O) groups excluding carboxylic acids is 1. The minimum Gasteiger partial charge on any atom is -0.402 e. The van der Waals surface area contributed by atoms with Crippen LogP contribution in [-0.2, 0) is 9.53 Å². The number of aliphatic hydroxyl groups excluding tert-OH is 1. The lowest BCUT2D eigenvalue weighted by Gasteiger charge is -2.61. The summed E-state index contributed by atoms with van der Waals surface area (Å²) >= 11 is 0. The number of ketones is 1. The van der Waals surface area contributed by atoms with E-state index in [0.717, 1.165) is 30.1 Å². The first kappa shape index (κ1) is 21.9. The van der Waals surface area contributed by atoms with E-state index in [1.807, 2.05) is 7.11 Å². The Kier molecular flexibility index (Phi) is 5.18. The fraction of sp³-hybridized carbons (Fsp3) is 0.889. The molecule has 0 unspecified atom stereocenters. The number of allylic oxidation sites excluding steroid dienone is 1. The molecule has 0 aliphatic heterocycles. The fourth-order valence-electron chi connectivity index (χ4n) is 10.4. The molecule has 0 radical (unpaired) electrons. The van der Waals surface area contributed by atoms with E-state index in [4.69, 9.17) is 15.6 Å². The lowest BCUT2D eigenvalue weighted by Crippen LogP contribution is -2.57. The molecule has 0 aromatic carbocycles. The van der Waals surface area contributed by atoms with E-state index in [1.165, 1.54) is 57.4 Å². The zero-order chi connectivity index (χ0) is 22.2. The van der Waals surface area contributed by atoms with Crippen LogP contribution in [0.2, 0.25) is 0 Å². The van der Waals surface area contributed by atoms with Gasteiger partial charge in [0, 0.05) is 24.3 Å². The van der Waals surface area contributed by atoms with Gasteiger partial charge in [-0.3, -0.25) is 4.79 Å². The lowest BCUT2D eigenvalue weighted by molar-refractivity contribution is -0.161. The van der Waals surface area contributed by atoms with Crippen LogP contribution >= 0.6 is 0 Å². The van der Waals surface area contributed by atoms with Gasteiger partial charge in [-0.15, -0.1) is 0 Å². The molecule has 0 aromatic rings. The number of carbonyl (C=O) groups is 1. The predicted octanol–water partition coefficient (Wildman–Crippen LogP) is 4.70. The Morgan fingerprint density at radius 1 is 1.19 bits per heavy atom. The molecule has 5 aliphatic carbocycles. The molecule has 0 amide bonds. The number of fused-ring (bicyclic) bond motifs is 4. The summed E-state index contributed by atoms with van der Waals surface area (Å²) in [5.74, 6) is 4.27. The first-order chi connectivity index (χ1) is 14.7. The maximum Gasteiger partial charge on any atom is 0.182 e. The van der Waals surface area contributed by atoms with Crippen molar-refractivity contribution in [1.29, 1.82) is 0 Å². The van der Waals surface area contributed by atoms with E-state index in [9.17, 15) is 4.79 Å². The number of hydrogen-bond acceptors (Lipinski definition) is 4. The highest BCUT2D eigenvalue weighted by atomic mass is 16.5. The summed E-state index contributed by atoms with van der Waals surface area (Å²) in [5, 5.41) is 9.02. The summed E-state index contributed by atoms with van der Waals surface area (Å²) in [6.07, 6.45) is 13.6. The number of rotatable bonds is 6. The van der Waals surface area contributed by atoms with Gasteiger partial charge in [0.2, 0.25) is 0 Å². The van der Waals surface area contributed by atoms with Crippen molar-refractivity contribution in [3.63, 3.8) is 0 Å². The van der Waals surface area contributed by atoms with Crippen molar-refractivity contribution in [3.8, 4) is 0 Å². The molecule has 5 rings (SSSR count). The Hall–Kier alpha value is -0.870. The molecule has 174 valence electrons. The SMILES string of the molecule is CO[C@@H]1C[C@H]2[C@@H]3CC[C@H]([C@H](C)C/C(N)=C/C(=O)CO)[C@@]3(C)CC[C@@H]2[C@@]2(C)CC[C@@H]3C[C@]312. The highest BCUT2D eigenvalue weighted by molar-refractivity contribution is 5.91. The Balaban J connectivity index is 1.37. The van der Waals surface area contributed by atoms with Crippen LogP contribution in [0.5, 0.6) is 0 Å². The van der Waals surface area contributed by atoms with Gasteiger partial charge in [0.15, 0.2) is 5.78 Å². The molecule has 3 N–H and O–H groups in total. The third kappa shape index (κ3) is 2.89. The van der Waals surface area contributed by atoms with E-state index in [2.05, 4.69) is 20.8 Å². The first-order valence-corrected chi connectivity index (χ1v) is 12.8. The molecule has 4 nitrogen and oxygen atoms in total. The van der Waals surface area contributed by atoms with E-state index < -0.39 is 6.61 Å². The topological polar surface area (TPSA) is 72.5 Å². The summed E-state index contributed by atoms with van der Waals surface area (Å²) in [6.45, 7) is 7.09. The second-order valence-electron chi connectivity index (χ2n) is 12.5. The van der Waals surface area contributed by atoms with Gasteiger partial charge in [0.25, 0.3) is 0 Å². The highest BCUT2D eigenvalue weighted by Crippen LogP contribution is 2.82. The largest absolute Gasteiger partial charge is 0.402 e. The van der Waals surface area contributed by atoms with E-state index >= 15 is 0 Å². The van der Waals surface area contributed by atoms with Crippen LogP contribution in [0.3, 0.4) is 0 Å². The summed E-state index contributed by atoms with van der Waals surface area (Å²) in [6, 6.07) is 0. The maximum atomic E-state index is 11.6. The summed E-state index contributed by atoms with van der Waals surface area (Å²) in [5.41, 5.74) is 8.18. The lowest BCUT2D eigenvalue weighted by atomic mass is 9.45. The van der Waals surface area contributed by atoms with Gasteiger partial charge < -0.3 is 15.6 Å². The molecule has 4 heteroatoms. The van der Waals surface area contributed by atoms with Crippen LogP contribution in [0, 0.1) is 51.8 Å². The average molecular weight is 430 g/mol. The molecule has 0 heterocycles. The second-order valence-corrected chi connectivity index (χ2v) is 12.5. The zero-order valence-electron chi connectivity index (χ0n) is 20.0.